The number of nitrogens with zero attached hydrogens (tertiary/aromatic N) is 1. The molecule has 0 aromatic heterocycles. The number of carbonyl (C=O) groups excluding carboxylic acids is 1. The van der Waals surface area contributed by atoms with E-state index in [4.69, 9.17) is 0 Å². The summed E-state index contributed by atoms with van der Waals surface area (Å²) in [5, 5.41) is 8.21. The van der Waals surface area contributed by atoms with Gasteiger partial charge in [-0.3, -0.25) is 4.79 Å². The lowest BCUT2D eigenvalue weighted by Crippen LogP contribution is -2.19. The maximum atomic E-state index is 12.6. The number of rotatable bonds is 2. The van der Waals surface area contributed by atoms with Crippen LogP contribution < -0.4 is 5.32 Å². The Kier molecular flexibility index (Phi) is 4.41. The van der Waals surface area contributed by atoms with Crippen molar-refractivity contribution in [2.75, 3.05) is 0 Å². The number of hydrogen-bond donors (Lipinski definition) is 1. The van der Waals surface area contributed by atoms with Crippen LogP contribution in [0, 0.1) is 6.92 Å². The fraction of sp³-hybridized carbons (Fsp3) is 0.0400. The van der Waals surface area contributed by atoms with Crippen LogP contribution in [0.15, 0.2) is 88.8 Å². The highest BCUT2D eigenvalue weighted by Gasteiger charge is 2.24. The average Bonchev–Trinajstić information content (AvgIpc) is 3.10. The number of amides is 1. The Morgan fingerprint density at radius 3 is 1.97 bits per heavy atom. The van der Waals surface area contributed by atoms with Gasteiger partial charge in [0.2, 0.25) is 0 Å². The maximum Gasteiger partial charge on any atom is 0.264 e. The molecule has 1 aliphatic rings. The lowest BCUT2D eigenvalue weighted by molar-refractivity contribution is -0.115. The third kappa shape index (κ3) is 3.22. The van der Waals surface area contributed by atoms with Gasteiger partial charge in [0.05, 0.1) is 10.6 Å². The molecule has 0 spiro atoms. The summed E-state index contributed by atoms with van der Waals surface area (Å²) < 4.78 is 0. The van der Waals surface area contributed by atoms with Crippen LogP contribution in [-0.4, -0.2) is 11.1 Å². The van der Waals surface area contributed by atoms with E-state index in [0.717, 1.165) is 22.0 Å². The summed E-state index contributed by atoms with van der Waals surface area (Å²) in [6.07, 6.45) is 2.00. The number of carbonyl (C=O) groups is 1. The second-order valence-electron chi connectivity index (χ2n) is 6.95. The summed E-state index contributed by atoms with van der Waals surface area (Å²) in [6.45, 7) is 2.16. The van der Waals surface area contributed by atoms with Gasteiger partial charge in [-0.1, -0.05) is 66.7 Å². The van der Waals surface area contributed by atoms with Crippen LogP contribution in [0.2, 0.25) is 0 Å². The third-order valence-corrected chi connectivity index (χ3v) is 6.07. The number of amidine groups is 1. The van der Waals surface area contributed by atoms with Crippen molar-refractivity contribution in [2.24, 2.45) is 4.99 Å². The van der Waals surface area contributed by atoms with Gasteiger partial charge in [0, 0.05) is 0 Å². The quantitative estimate of drug-likeness (QED) is 0.325. The largest absolute Gasteiger partial charge is 0.300 e. The van der Waals surface area contributed by atoms with Gasteiger partial charge in [-0.05, 0) is 69.6 Å². The van der Waals surface area contributed by atoms with Crippen LogP contribution in [0.25, 0.3) is 27.6 Å². The third-order valence-electron chi connectivity index (χ3n) is 5.16. The summed E-state index contributed by atoms with van der Waals surface area (Å²) in [5.41, 5.74) is 3.15. The summed E-state index contributed by atoms with van der Waals surface area (Å²) in [6, 6.07) is 26.4. The average molecular weight is 394 g/mol. The molecule has 29 heavy (non-hydrogen) atoms. The van der Waals surface area contributed by atoms with Crippen LogP contribution >= 0.6 is 11.8 Å². The molecule has 5 rings (SSSR count). The number of hydrogen-bond acceptors (Lipinski definition) is 3. The number of para-hydroxylation sites is 1. The molecule has 1 saturated heterocycles. The summed E-state index contributed by atoms with van der Waals surface area (Å²) in [4.78, 5) is 17.8. The minimum atomic E-state index is -0.113. The van der Waals surface area contributed by atoms with Gasteiger partial charge < -0.3 is 5.32 Å². The molecule has 4 aromatic carbocycles. The van der Waals surface area contributed by atoms with E-state index in [2.05, 4.69) is 53.6 Å². The Bertz CT molecular complexity index is 1270. The summed E-state index contributed by atoms with van der Waals surface area (Å²) >= 11 is 1.38. The molecule has 1 N–H and O–H groups in total. The van der Waals surface area contributed by atoms with E-state index in [1.165, 1.54) is 28.1 Å². The number of nitrogens with one attached hydrogen (secondary N) is 1. The molecule has 0 saturated carbocycles. The van der Waals surface area contributed by atoms with Crippen molar-refractivity contribution >= 4 is 56.1 Å². The zero-order valence-corrected chi connectivity index (χ0v) is 16.7. The van der Waals surface area contributed by atoms with Crippen molar-refractivity contribution in [2.45, 2.75) is 6.92 Å². The number of aliphatic imine (C=N–C) groups is 1. The van der Waals surface area contributed by atoms with E-state index in [-0.39, 0.29) is 5.91 Å². The predicted octanol–water partition coefficient (Wildman–Crippen LogP) is 6.19. The van der Waals surface area contributed by atoms with Gasteiger partial charge in [0.15, 0.2) is 5.17 Å². The van der Waals surface area contributed by atoms with Crippen LogP contribution in [0.5, 0.6) is 0 Å². The van der Waals surface area contributed by atoms with Gasteiger partial charge in [-0.2, -0.15) is 0 Å². The summed E-state index contributed by atoms with van der Waals surface area (Å²) in [7, 11) is 0. The molecule has 0 unspecified atom stereocenters. The highest BCUT2D eigenvalue weighted by molar-refractivity contribution is 8.18. The van der Waals surface area contributed by atoms with E-state index in [1.54, 1.807) is 0 Å². The van der Waals surface area contributed by atoms with Crippen molar-refractivity contribution in [3.8, 4) is 0 Å². The zero-order valence-electron chi connectivity index (χ0n) is 15.8. The van der Waals surface area contributed by atoms with E-state index in [0.29, 0.717) is 10.1 Å². The molecule has 0 radical (unpaired) electrons. The maximum absolute atomic E-state index is 12.6. The van der Waals surface area contributed by atoms with E-state index in [9.17, 15) is 4.79 Å². The van der Waals surface area contributed by atoms with E-state index in [1.807, 2.05) is 48.5 Å². The highest BCUT2D eigenvalue weighted by atomic mass is 32.2. The number of fused-ring (bicyclic) bond motifs is 2. The van der Waals surface area contributed by atoms with Crippen molar-refractivity contribution in [3.63, 3.8) is 0 Å². The van der Waals surface area contributed by atoms with Gasteiger partial charge >= 0.3 is 0 Å². The fourth-order valence-corrected chi connectivity index (χ4v) is 4.59. The Morgan fingerprint density at radius 1 is 0.793 bits per heavy atom. The molecule has 140 valence electrons. The van der Waals surface area contributed by atoms with Gasteiger partial charge in [-0.15, -0.1) is 0 Å². The number of benzene rings is 4. The van der Waals surface area contributed by atoms with Crippen molar-refractivity contribution in [1.29, 1.82) is 0 Å². The molecule has 1 heterocycles. The molecule has 0 aliphatic carbocycles. The Hall–Kier alpha value is -3.37. The first-order chi connectivity index (χ1) is 14.2. The van der Waals surface area contributed by atoms with Crippen LogP contribution in [0.3, 0.4) is 0 Å². The molecule has 1 aliphatic heterocycles. The minimum Gasteiger partial charge on any atom is -0.300 e. The second kappa shape index (κ2) is 7.22. The monoisotopic (exact) mass is 394 g/mol. The topological polar surface area (TPSA) is 41.5 Å². The molecule has 3 nitrogen and oxygen atoms in total. The molecular formula is C25H18N2OS. The highest BCUT2D eigenvalue weighted by Crippen LogP contribution is 2.36. The van der Waals surface area contributed by atoms with Gasteiger partial charge in [0.1, 0.15) is 0 Å². The lowest BCUT2D eigenvalue weighted by Gasteiger charge is -2.12. The van der Waals surface area contributed by atoms with Crippen molar-refractivity contribution in [1.82, 2.24) is 5.32 Å². The Labute approximate surface area is 173 Å². The van der Waals surface area contributed by atoms with Gasteiger partial charge in [-0.25, -0.2) is 4.99 Å². The lowest BCUT2D eigenvalue weighted by atomic mass is 9.92. The molecule has 4 aromatic rings. The predicted molar refractivity (Wildman–Crippen MR) is 123 cm³/mol. The Balaban J connectivity index is 1.66. The van der Waals surface area contributed by atoms with Crippen LogP contribution in [-0.2, 0) is 4.79 Å². The van der Waals surface area contributed by atoms with Crippen molar-refractivity contribution < 1.29 is 4.79 Å². The van der Waals surface area contributed by atoms with E-state index < -0.39 is 0 Å². The van der Waals surface area contributed by atoms with Gasteiger partial charge in [0.25, 0.3) is 5.91 Å². The standard InChI is InChI=1S/C25H18N2OS/c1-16-18-11-5-7-13-20(18)22(21-14-8-6-12-19(16)21)15-23-24(28)27-25(29-23)26-17-9-3-2-4-10-17/h2-15H,1H3,(H,26,27,28)/b23-15+. The molecule has 1 amide bonds. The van der Waals surface area contributed by atoms with Crippen molar-refractivity contribution in [3.05, 3.63) is 94.9 Å². The first-order valence-electron chi connectivity index (χ1n) is 9.45. The molecule has 0 atom stereocenters. The summed E-state index contributed by atoms with van der Waals surface area (Å²) in [5.74, 6) is -0.113. The molecular weight excluding hydrogens is 376 g/mol. The zero-order chi connectivity index (χ0) is 19.8. The SMILES string of the molecule is Cc1c2ccccc2c(/C=C2/SC(=Nc3ccccc3)NC2=O)c2ccccc12. The number of thioether (sulfide) groups is 1. The minimum absolute atomic E-state index is 0.113. The number of aryl methyl sites for hydroxylation is 1. The molecule has 4 heteroatoms. The molecule has 1 fully saturated rings. The first-order valence-corrected chi connectivity index (χ1v) is 10.3. The fourth-order valence-electron chi connectivity index (χ4n) is 3.77. The second-order valence-corrected chi connectivity index (χ2v) is 7.98. The first kappa shape index (κ1) is 17.7. The van der Waals surface area contributed by atoms with Crippen LogP contribution in [0.4, 0.5) is 5.69 Å². The van der Waals surface area contributed by atoms with Crippen LogP contribution in [0.1, 0.15) is 11.1 Å². The van der Waals surface area contributed by atoms with E-state index >= 15 is 0 Å². The normalized spacial score (nSPS) is 16.8. The molecule has 0 bridgehead atoms. The Morgan fingerprint density at radius 2 is 1.34 bits per heavy atom. The smallest absolute Gasteiger partial charge is 0.264 e.